The Labute approximate surface area is 146 Å². The van der Waals surface area contributed by atoms with Gasteiger partial charge < -0.3 is 20.9 Å². The highest BCUT2D eigenvalue weighted by Gasteiger charge is 2.28. The summed E-state index contributed by atoms with van der Waals surface area (Å²) in [4.78, 5) is 23.4. The van der Waals surface area contributed by atoms with Crippen molar-refractivity contribution in [2.45, 2.75) is 25.7 Å². The quantitative estimate of drug-likeness (QED) is 0.277. The molecule has 0 spiro atoms. The van der Waals surface area contributed by atoms with Crippen LogP contribution in [0.1, 0.15) is 36.0 Å². The fourth-order valence-corrected chi connectivity index (χ4v) is 2.78. The van der Waals surface area contributed by atoms with Crippen molar-refractivity contribution in [1.82, 2.24) is 5.32 Å². The van der Waals surface area contributed by atoms with Crippen LogP contribution in [0.3, 0.4) is 0 Å². The highest BCUT2D eigenvalue weighted by atomic mass is 35.5. The molecule has 1 aromatic carbocycles. The molecule has 5 N–H and O–H groups in total. The lowest BCUT2D eigenvalue weighted by molar-refractivity contribution is -0.140. The summed E-state index contributed by atoms with van der Waals surface area (Å²) in [6.07, 6.45) is 3.08. The second-order valence-electron chi connectivity index (χ2n) is 5.73. The molecule has 1 saturated carbocycles. The minimum atomic E-state index is -1.12. The lowest BCUT2D eigenvalue weighted by atomic mass is 9.82. The first-order chi connectivity index (χ1) is 11.0. The zero-order valence-electron chi connectivity index (χ0n) is 13.2. The number of guanidine groups is 1. The third-order valence-corrected chi connectivity index (χ3v) is 4.09. The maximum atomic E-state index is 12.2. The SMILES string of the molecule is Cl.N=C(N)NCC1CCC(C(=O)Oc2ccccc2C(=O)O)CC1. The molecule has 0 atom stereocenters. The van der Waals surface area contributed by atoms with Crippen LogP contribution in [-0.4, -0.2) is 29.5 Å². The number of nitrogens with one attached hydrogen (secondary N) is 2. The second kappa shape index (κ2) is 9.12. The van der Waals surface area contributed by atoms with Crippen LogP contribution in [0.25, 0.3) is 0 Å². The third kappa shape index (κ3) is 5.42. The van der Waals surface area contributed by atoms with Crippen molar-refractivity contribution in [2.24, 2.45) is 17.6 Å². The molecule has 1 fully saturated rings. The van der Waals surface area contributed by atoms with Crippen LogP contribution in [0.4, 0.5) is 0 Å². The average molecular weight is 356 g/mol. The molecule has 0 saturated heterocycles. The number of carbonyl (C=O) groups is 2. The predicted octanol–water partition coefficient (Wildman–Crippen LogP) is 2.00. The van der Waals surface area contributed by atoms with E-state index in [1.165, 1.54) is 12.1 Å². The summed E-state index contributed by atoms with van der Waals surface area (Å²) in [5.74, 6) is -1.29. The van der Waals surface area contributed by atoms with Gasteiger partial charge in [-0.1, -0.05) is 12.1 Å². The summed E-state index contributed by atoms with van der Waals surface area (Å²) < 4.78 is 5.29. The number of ether oxygens (including phenoxy) is 1. The number of nitrogens with two attached hydrogens (primary N) is 1. The zero-order valence-corrected chi connectivity index (χ0v) is 14.0. The van der Waals surface area contributed by atoms with Gasteiger partial charge in [-0.15, -0.1) is 12.4 Å². The Morgan fingerprint density at radius 3 is 2.46 bits per heavy atom. The molecule has 1 aliphatic carbocycles. The maximum absolute atomic E-state index is 12.2. The molecular formula is C16H22ClN3O4. The van der Waals surface area contributed by atoms with Crippen LogP contribution >= 0.6 is 12.4 Å². The molecule has 0 bridgehead atoms. The van der Waals surface area contributed by atoms with E-state index in [1.807, 2.05) is 0 Å². The molecule has 7 nitrogen and oxygen atoms in total. The highest BCUT2D eigenvalue weighted by Crippen LogP contribution is 2.30. The topological polar surface area (TPSA) is 126 Å². The van der Waals surface area contributed by atoms with E-state index in [1.54, 1.807) is 12.1 Å². The molecular weight excluding hydrogens is 334 g/mol. The minimum Gasteiger partial charge on any atom is -0.478 e. The first-order valence-corrected chi connectivity index (χ1v) is 7.59. The maximum Gasteiger partial charge on any atom is 0.339 e. The van der Waals surface area contributed by atoms with Crippen molar-refractivity contribution in [2.75, 3.05) is 6.54 Å². The van der Waals surface area contributed by atoms with E-state index in [0.29, 0.717) is 25.3 Å². The number of carbonyl (C=O) groups excluding carboxylic acids is 1. The van der Waals surface area contributed by atoms with Gasteiger partial charge in [0.15, 0.2) is 5.96 Å². The Morgan fingerprint density at radius 2 is 1.88 bits per heavy atom. The Morgan fingerprint density at radius 1 is 1.25 bits per heavy atom. The van der Waals surface area contributed by atoms with E-state index in [4.69, 9.17) is 21.0 Å². The van der Waals surface area contributed by atoms with Gasteiger partial charge in [0, 0.05) is 6.54 Å². The molecule has 1 aromatic rings. The van der Waals surface area contributed by atoms with Crippen LogP contribution in [0.2, 0.25) is 0 Å². The van der Waals surface area contributed by atoms with Crippen molar-refractivity contribution in [3.63, 3.8) is 0 Å². The molecule has 8 heteroatoms. The number of rotatable bonds is 5. The summed E-state index contributed by atoms with van der Waals surface area (Å²) in [6, 6.07) is 6.13. The highest BCUT2D eigenvalue weighted by molar-refractivity contribution is 5.92. The Hall–Kier alpha value is -2.28. The van der Waals surface area contributed by atoms with Crippen LogP contribution in [0, 0.1) is 17.2 Å². The number of hydrogen-bond donors (Lipinski definition) is 4. The molecule has 132 valence electrons. The van der Waals surface area contributed by atoms with Gasteiger partial charge in [0.25, 0.3) is 0 Å². The first kappa shape index (κ1) is 19.8. The normalized spacial score (nSPS) is 19.7. The monoisotopic (exact) mass is 355 g/mol. The number of hydrogen-bond acceptors (Lipinski definition) is 4. The van der Waals surface area contributed by atoms with Crippen LogP contribution in [0.5, 0.6) is 5.75 Å². The molecule has 0 radical (unpaired) electrons. The van der Waals surface area contributed by atoms with Crippen LogP contribution < -0.4 is 15.8 Å². The zero-order chi connectivity index (χ0) is 16.8. The smallest absolute Gasteiger partial charge is 0.339 e. The lowest BCUT2D eigenvalue weighted by Crippen LogP contribution is -2.36. The van der Waals surface area contributed by atoms with Gasteiger partial charge >= 0.3 is 11.9 Å². The van der Waals surface area contributed by atoms with E-state index in [-0.39, 0.29) is 41.6 Å². The molecule has 0 aromatic heterocycles. The first-order valence-electron chi connectivity index (χ1n) is 7.59. The number of carboxylic acids is 1. The van der Waals surface area contributed by atoms with E-state index in [2.05, 4.69) is 5.32 Å². The minimum absolute atomic E-state index is 0. The van der Waals surface area contributed by atoms with E-state index < -0.39 is 5.97 Å². The van der Waals surface area contributed by atoms with Crippen molar-refractivity contribution < 1.29 is 19.4 Å². The largest absolute Gasteiger partial charge is 0.478 e. The molecule has 0 unspecified atom stereocenters. The Balaban J connectivity index is 0.00000288. The summed E-state index contributed by atoms with van der Waals surface area (Å²) in [5.41, 5.74) is 5.25. The summed E-state index contributed by atoms with van der Waals surface area (Å²) in [7, 11) is 0. The van der Waals surface area contributed by atoms with E-state index >= 15 is 0 Å². The van der Waals surface area contributed by atoms with Crippen molar-refractivity contribution in [1.29, 1.82) is 5.41 Å². The molecule has 0 aliphatic heterocycles. The third-order valence-electron chi connectivity index (χ3n) is 4.09. The van der Waals surface area contributed by atoms with Crippen LogP contribution in [0.15, 0.2) is 24.3 Å². The van der Waals surface area contributed by atoms with Gasteiger partial charge in [-0.2, -0.15) is 0 Å². The second-order valence-corrected chi connectivity index (χ2v) is 5.73. The number of halogens is 1. The Bertz CT molecular complexity index is 601. The van der Waals surface area contributed by atoms with Gasteiger partial charge in [-0.05, 0) is 43.7 Å². The number of carboxylic acid groups (broad SMARTS) is 1. The number of esters is 1. The van der Waals surface area contributed by atoms with E-state index in [9.17, 15) is 9.59 Å². The summed E-state index contributed by atoms with van der Waals surface area (Å²) in [6.45, 7) is 0.638. The van der Waals surface area contributed by atoms with Crippen molar-refractivity contribution in [3.05, 3.63) is 29.8 Å². The van der Waals surface area contributed by atoms with Crippen molar-refractivity contribution >= 4 is 30.3 Å². The van der Waals surface area contributed by atoms with Gasteiger partial charge in [-0.25, -0.2) is 4.79 Å². The summed E-state index contributed by atoms with van der Waals surface area (Å²) in [5, 5.41) is 19.0. The average Bonchev–Trinajstić information content (AvgIpc) is 2.53. The van der Waals surface area contributed by atoms with Gasteiger partial charge in [0.1, 0.15) is 11.3 Å². The molecule has 0 heterocycles. The summed E-state index contributed by atoms with van der Waals surface area (Å²) >= 11 is 0. The molecule has 1 aliphatic rings. The number of benzene rings is 1. The molecule has 2 rings (SSSR count). The van der Waals surface area contributed by atoms with Crippen LogP contribution in [-0.2, 0) is 4.79 Å². The molecule has 0 amide bonds. The Kier molecular flexibility index (Phi) is 7.51. The van der Waals surface area contributed by atoms with Gasteiger partial charge in [-0.3, -0.25) is 10.2 Å². The number of aromatic carboxylic acids is 1. The van der Waals surface area contributed by atoms with Gasteiger partial charge in [0.05, 0.1) is 5.92 Å². The van der Waals surface area contributed by atoms with E-state index in [0.717, 1.165) is 12.8 Å². The lowest BCUT2D eigenvalue weighted by Gasteiger charge is -2.27. The number of para-hydroxylation sites is 1. The molecule has 24 heavy (non-hydrogen) atoms. The fraction of sp³-hybridized carbons (Fsp3) is 0.438. The predicted molar refractivity (Wildman–Crippen MR) is 91.6 cm³/mol. The van der Waals surface area contributed by atoms with Crippen molar-refractivity contribution in [3.8, 4) is 5.75 Å². The standard InChI is InChI=1S/C16H21N3O4.ClH/c17-16(18)19-9-10-5-7-11(8-6-10)15(22)23-13-4-2-1-3-12(13)14(20)21;/h1-4,10-11H,5-9H2,(H,20,21)(H4,17,18,19);1H. The van der Waals surface area contributed by atoms with Gasteiger partial charge in [0.2, 0.25) is 0 Å². The fourth-order valence-electron chi connectivity index (χ4n) is 2.78.